The van der Waals surface area contributed by atoms with Crippen LogP contribution in [0.25, 0.3) is 0 Å². The Labute approximate surface area is 89.0 Å². The van der Waals surface area contributed by atoms with Crippen molar-refractivity contribution in [2.75, 3.05) is 6.54 Å². The van der Waals surface area contributed by atoms with Crippen LogP contribution in [-0.2, 0) is 0 Å². The van der Waals surface area contributed by atoms with Crippen LogP contribution >= 0.6 is 0 Å². The second-order valence-electron chi connectivity index (χ2n) is 4.44. The van der Waals surface area contributed by atoms with Crippen molar-refractivity contribution < 1.29 is 0 Å². The summed E-state index contributed by atoms with van der Waals surface area (Å²) in [7, 11) is 0. The van der Waals surface area contributed by atoms with Gasteiger partial charge < -0.3 is 5.32 Å². The van der Waals surface area contributed by atoms with Crippen molar-refractivity contribution in [3.05, 3.63) is 12.2 Å². The zero-order valence-corrected chi connectivity index (χ0v) is 9.76. The average molecular weight is 195 g/mol. The summed E-state index contributed by atoms with van der Waals surface area (Å²) in [6.07, 6.45) is 12.6. The molecule has 0 aromatic heterocycles. The van der Waals surface area contributed by atoms with Crippen LogP contribution in [0.15, 0.2) is 12.2 Å². The van der Waals surface area contributed by atoms with E-state index in [9.17, 15) is 0 Å². The number of hydrogen-bond donors (Lipinski definition) is 1. The van der Waals surface area contributed by atoms with E-state index in [0.717, 1.165) is 5.92 Å². The molecule has 82 valence electrons. The molecule has 1 aliphatic carbocycles. The third-order valence-electron chi connectivity index (χ3n) is 3.22. The Hall–Kier alpha value is -0.300. The van der Waals surface area contributed by atoms with Crippen LogP contribution in [0, 0.1) is 5.92 Å². The van der Waals surface area contributed by atoms with E-state index in [0.29, 0.717) is 6.04 Å². The van der Waals surface area contributed by atoms with E-state index < -0.39 is 0 Å². The zero-order valence-electron chi connectivity index (χ0n) is 9.76. The molecule has 0 saturated carbocycles. The van der Waals surface area contributed by atoms with E-state index in [1.165, 1.54) is 45.1 Å². The molecular weight excluding hydrogens is 170 g/mol. The van der Waals surface area contributed by atoms with Crippen molar-refractivity contribution in [2.24, 2.45) is 5.92 Å². The summed E-state index contributed by atoms with van der Waals surface area (Å²) >= 11 is 0. The Morgan fingerprint density at radius 1 is 1.43 bits per heavy atom. The average Bonchev–Trinajstić information content (AvgIpc) is 2.71. The van der Waals surface area contributed by atoms with Crippen molar-refractivity contribution in [3.8, 4) is 0 Å². The maximum Gasteiger partial charge on any atom is 0.0253 e. The van der Waals surface area contributed by atoms with Crippen LogP contribution in [0.1, 0.15) is 52.4 Å². The van der Waals surface area contributed by atoms with Crippen LogP contribution in [0.4, 0.5) is 0 Å². The van der Waals surface area contributed by atoms with Gasteiger partial charge >= 0.3 is 0 Å². The van der Waals surface area contributed by atoms with Gasteiger partial charge in [0, 0.05) is 6.04 Å². The minimum atomic E-state index is 0.672. The largest absolute Gasteiger partial charge is 0.310 e. The lowest BCUT2D eigenvalue weighted by Gasteiger charge is -2.18. The van der Waals surface area contributed by atoms with Gasteiger partial charge in [-0.1, -0.05) is 45.3 Å². The van der Waals surface area contributed by atoms with Gasteiger partial charge in [-0.15, -0.1) is 0 Å². The highest BCUT2D eigenvalue weighted by atomic mass is 14.9. The van der Waals surface area contributed by atoms with Crippen LogP contribution in [0.5, 0.6) is 0 Å². The molecule has 2 atom stereocenters. The fourth-order valence-electron chi connectivity index (χ4n) is 2.06. The predicted octanol–water partition coefficient (Wildman–Crippen LogP) is 3.51. The molecule has 1 heteroatoms. The molecule has 0 bridgehead atoms. The molecular formula is C13H25N. The van der Waals surface area contributed by atoms with Gasteiger partial charge in [-0.05, 0) is 31.7 Å². The minimum Gasteiger partial charge on any atom is -0.310 e. The van der Waals surface area contributed by atoms with Crippen LogP contribution in [0.3, 0.4) is 0 Å². The van der Waals surface area contributed by atoms with Gasteiger partial charge in [0.25, 0.3) is 0 Å². The Balaban J connectivity index is 2.09. The van der Waals surface area contributed by atoms with Crippen molar-refractivity contribution in [1.82, 2.24) is 5.32 Å². The smallest absolute Gasteiger partial charge is 0.0253 e. The van der Waals surface area contributed by atoms with Crippen molar-refractivity contribution in [2.45, 2.75) is 58.4 Å². The van der Waals surface area contributed by atoms with E-state index in [1.54, 1.807) is 0 Å². The Morgan fingerprint density at radius 2 is 2.29 bits per heavy atom. The number of hydrogen-bond acceptors (Lipinski definition) is 1. The molecule has 2 unspecified atom stereocenters. The molecule has 14 heavy (non-hydrogen) atoms. The number of nitrogens with one attached hydrogen (secondary N) is 1. The predicted molar refractivity (Wildman–Crippen MR) is 63.5 cm³/mol. The molecule has 0 spiro atoms. The van der Waals surface area contributed by atoms with Gasteiger partial charge in [-0.25, -0.2) is 0 Å². The molecule has 0 aromatic rings. The molecule has 0 aliphatic heterocycles. The Morgan fingerprint density at radius 3 is 2.86 bits per heavy atom. The molecule has 0 radical (unpaired) electrons. The Kier molecular flexibility index (Phi) is 5.93. The quantitative estimate of drug-likeness (QED) is 0.613. The first-order valence-electron chi connectivity index (χ1n) is 6.26. The molecule has 1 rings (SSSR count). The highest BCUT2D eigenvalue weighted by Crippen LogP contribution is 2.14. The summed E-state index contributed by atoms with van der Waals surface area (Å²) in [6, 6.07) is 0.672. The highest BCUT2D eigenvalue weighted by Gasteiger charge is 2.11. The number of rotatable bonds is 7. The van der Waals surface area contributed by atoms with Gasteiger partial charge in [0.2, 0.25) is 0 Å². The molecule has 1 nitrogen and oxygen atoms in total. The lowest BCUT2D eigenvalue weighted by Crippen LogP contribution is -2.30. The van der Waals surface area contributed by atoms with Crippen molar-refractivity contribution in [3.63, 3.8) is 0 Å². The molecule has 0 saturated heterocycles. The third-order valence-corrected chi connectivity index (χ3v) is 3.22. The van der Waals surface area contributed by atoms with Crippen molar-refractivity contribution in [1.29, 1.82) is 0 Å². The third kappa shape index (κ3) is 4.28. The SMILES string of the molecule is CCCCC(CC)CNC1C=CCC1. The maximum absolute atomic E-state index is 3.65. The summed E-state index contributed by atoms with van der Waals surface area (Å²) in [6.45, 7) is 5.80. The zero-order chi connectivity index (χ0) is 10.2. The van der Waals surface area contributed by atoms with Crippen LogP contribution < -0.4 is 5.32 Å². The summed E-state index contributed by atoms with van der Waals surface area (Å²) in [5, 5.41) is 3.65. The monoisotopic (exact) mass is 195 g/mol. The first kappa shape index (κ1) is 11.8. The summed E-state index contributed by atoms with van der Waals surface area (Å²) in [5.41, 5.74) is 0. The van der Waals surface area contributed by atoms with E-state index in [-0.39, 0.29) is 0 Å². The molecule has 0 fully saturated rings. The molecule has 1 N–H and O–H groups in total. The fraction of sp³-hybridized carbons (Fsp3) is 0.846. The molecule has 0 heterocycles. The van der Waals surface area contributed by atoms with Gasteiger partial charge in [0.1, 0.15) is 0 Å². The van der Waals surface area contributed by atoms with Gasteiger partial charge in [0.15, 0.2) is 0 Å². The molecule has 1 aliphatic rings. The van der Waals surface area contributed by atoms with E-state index in [1.807, 2.05) is 0 Å². The maximum atomic E-state index is 3.65. The second-order valence-corrected chi connectivity index (χ2v) is 4.44. The van der Waals surface area contributed by atoms with E-state index >= 15 is 0 Å². The first-order chi connectivity index (χ1) is 6.86. The lowest BCUT2D eigenvalue weighted by molar-refractivity contribution is 0.403. The molecule has 0 amide bonds. The summed E-state index contributed by atoms with van der Waals surface area (Å²) in [4.78, 5) is 0. The van der Waals surface area contributed by atoms with Crippen LogP contribution in [0.2, 0.25) is 0 Å². The highest BCUT2D eigenvalue weighted by molar-refractivity contribution is 5.00. The first-order valence-corrected chi connectivity index (χ1v) is 6.26. The topological polar surface area (TPSA) is 12.0 Å². The van der Waals surface area contributed by atoms with Gasteiger partial charge in [-0.3, -0.25) is 0 Å². The van der Waals surface area contributed by atoms with Crippen molar-refractivity contribution >= 4 is 0 Å². The van der Waals surface area contributed by atoms with Gasteiger partial charge in [-0.2, -0.15) is 0 Å². The number of unbranched alkanes of at least 4 members (excludes halogenated alkanes) is 1. The van der Waals surface area contributed by atoms with Crippen LogP contribution in [-0.4, -0.2) is 12.6 Å². The summed E-state index contributed by atoms with van der Waals surface area (Å²) in [5.74, 6) is 0.893. The van der Waals surface area contributed by atoms with Gasteiger partial charge in [0.05, 0.1) is 0 Å². The second kappa shape index (κ2) is 7.05. The summed E-state index contributed by atoms with van der Waals surface area (Å²) < 4.78 is 0. The minimum absolute atomic E-state index is 0.672. The lowest BCUT2D eigenvalue weighted by atomic mass is 9.99. The normalized spacial score (nSPS) is 22.9. The van der Waals surface area contributed by atoms with E-state index in [2.05, 4.69) is 31.3 Å². The van der Waals surface area contributed by atoms with E-state index in [4.69, 9.17) is 0 Å². The standard InChI is InChI=1S/C13H25N/c1-3-5-8-12(4-2)11-14-13-9-6-7-10-13/h6,9,12-14H,3-5,7-8,10-11H2,1-2H3. The molecule has 0 aromatic carbocycles. The number of allylic oxidation sites excluding steroid dienone is 1. The Bertz CT molecular complexity index is 163. The fourth-order valence-corrected chi connectivity index (χ4v) is 2.06.